The highest BCUT2D eigenvalue weighted by atomic mass is 19.4. The predicted octanol–water partition coefficient (Wildman–Crippen LogP) is 5.64. The summed E-state index contributed by atoms with van der Waals surface area (Å²) in [6.45, 7) is 3.37. The van der Waals surface area contributed by atoms with Crippen LogP contribution in [0.1, 0.15) is 48.0 Å². The molecule has 2 aromatic carbocycles. The smallest absolute Gasteiger partial charge is 0.416 e. The van der Waals surface area contributed by atoms with Gasteiger partial charge in [-0.3, -0.25) is 0 Å². The average molecular weight is 422 g/mol. The largest absolute Gasteiger partial charge is 0.490 e. The minimum atomic E-state index is -4.31. The number of nitrogens with two attached hydrogens (primary N) is 1. The van der Waals surface area contributed by atoms with Crippen LogP contribution in [-0.2, 0) is 6.18 Å². The second-order valence-electron chi connectivity index (χ2n) is 6.93. The van der Waals surface area contributed by atoms with E-state index < -0.39 is 17.7 Å². The van der Waals surface area contributed by atoms with Gasteiger partial charge in [0, 0.05) is 5.69 Å². The molecular formula is C22H25F3N2O3. The summed E-state index contributed by atoms with van der Waals surface area (Å²) < 4.78 is 42.2. The molecule has 0 atom stereocenters. The van der Waals surface area contributed by atoms with Crippen LogP contribution in [-0.4, -0.2) is 17.2 Å². The Balaban J connectivity index is 0.000000216. The van der Waals surface area contributed by atoms with Crippen LogP contribution in [0, 0.1) is 0 Å². The zero-order chi connectivity index (χ0) is 22.1. The number of ether oxygens (including phenoxy) is 1. The standard InChI is InChI=1S/C13H16O3.C9H9F3N2/c14-13(15)10-6-8-12(9-7-10)16-11-4-2-1-3-5-11;1-6(13)14-8-4-2-7(3-5-8)9(10,11)12/h6-9,11H,1-5H2,(H,14,15);2-5,14H,1,13H2. The van der Waals surface area contributed by atoms with Crippen LogP contribution in [0.2, 0.25) is 0 Å². The van der Waals surface area contributed by atoms with Crippen molar-refractivity contribution in [3.8, 4) is 5.75 Å². The number of benzene rings is 2. The molecule has 0 saturated heterocycles. The van der Waals surface area contributed by atoms with E-state index in [1.807, 2.05) is 0 Å². The van der Waals surface area contributed by atoms with E-state index in [4.69, 9.17) is 15.6 Å². The highest BCUT2D eigenvalue weighted by Gasteiger charge is 2.29. The Hall–Kier alpha value is -3.16. The van der Waals surface area contributed by atoms with Crippen LogP contribution in [0.5, 0.6) is 5.75 Å². The van der Waals surface area contributed by atoms with E-state index in [-0.39, 0.29) is 5.82 Å². The molecule has 0 unspecified atom stereocenters. The number of alkyl halides is 3. The van der Waals surface area contributed by atoms with Crippen LogP contribution in [0.3, 0.4) is 0 Å². The molecule has 1 aliphatic carbocycles. The molecule has 0 aromatic heterocycles. The van der Waals surface area contributed by atoms with E-state index in [0.717, 1.165) is 30.7 Å². The third-order valence-electron chi connectivity index (χ3n) is 4.47. The van der Waals surface area contributed by atoms with Gasteiger partial charge < -0.3 is 20.9 Å². The summed E-state index contributed by atoms with van der Waals surface area (Å²) in [5.41, 5.74) is 5.31. The van der Waals surface area contributed by atoms with E-state index in [0.29, 0.717) is 17.4 Å². The number of carboxylic acid groups (broad SMARTS) is 1. The predicted molar refractivity (Wildman–Crippen MR) is 109 cm³/mol. The van der Waals surface area contributed by atoms with Crippen LogP contribution in [0.25, 0.3) is 0 Å². The van der Waals surface area contributed by atoms with Gasteiger partial charge in [-0.15, -0.1) is 0 Å². The van der Waals surface area contributed by atoms with Crippen LogP contribution in [0.4, 0.5) is 18.9 Å². The Morgan fingerprint density at radius 2 is 1.60 bits per heavy atom. The summed E-state index contributed by atoms with van der Waals surface area (Å²) in [6, 6.07) is 11.2. The van der Waals surface area contributed by atoms with E-state index in [9.17, 15) is 18.0 Å². The zero-order valence-corrected chi connectivity index (χ0v) is 16.4. The Labute approximate surface area is 173 Å². The van der Waals surface area contributed by atoms with E-state index >= 15 is 0 Å². The molecule has 0 bridgehead atoms. The van der Waals surface area contributed by atoms with Crippen molar-refractivity contribution in [3.63, 3.8) is 0 Å². The number of halogens is 3. The zero-order valence-electron chi connectivity index (χ0n) is 16.4. The topological polar surface area (TPSA) is 84.6 Å². The second kappa shape index (κ2) is 10.6. The summed E-state index contributed by atoms with van der Waals surface area (Å²) in [5, 5.41) is 11.4. The number of hydrogen-bond donors (Lipinski definition) is 3. The van der Waals surface area contributed by atoms with Gasteiger partial charge >= 0.3 is 12.1 Å². The summed E-state index contributed by atoms with van der Waals surface area (Å²) in [6.07, 6.45) is 2.00. The van der Waals surface area contributed by atoms with Crippen molar-refractivity contribution < 1.29 is 27.8 Å². The van der Waals surface area contributed by atoms with Crippen molar-refractivity contribution in [2.24, 2.45) is 5.73 Å². The lowest BCUT2D eigenvalue weighted by Crippen LogP contribution is -2.19. The third-order valence-corrected chi connectivity index (χ3v) is 4.47. The Bertz CT molecular complexity index is 828. The molecule has 5 nitrogen and oxygen atoms in total. The summed E-state index contributed by atoms with van der Waals surface area (Å²) >= 11 is 0. The molecule has 1 saturated carbocycles. The molecular weight excluding hydrogens is 397 g/mol. The number of nitrogens with one attached hydrogen (secondary N) is 1. The molecule has 0 amide bonds. The number of carboxylic acids is 1. The molecule has 2 aromatic rings. The highest BCUT2D eigenvalue weighted by Crippen LogP contribution is 2.29. The molecule has 0 radical (unpaired) electrons. The summed E-state index contributed by atoms with van der Waals surface area (Å²) in [7, 11) is 0. The van der Waals surface area contributed by atoms with Gasteiger partial charge in [0.05, 0.1) is 23.1 Å². The summed E-state index contributed by atoms with van der Waals surface area (Å²) in [4.78, 5) is 10.7. The fourth-order valence-corrected chi connectivity index (χ4v) is 2.98. The monoisotopic (exact) mass is 422 g/mol. The van der Waals surface area contributed by atoms with Crippen LogP contribution >= 0.6 is 0 Å². The fourth-order valence-electron chi connectivity index (χ4n) is 2.98. The first-order valence-electron chi connectivity index (χ1n) is 9.54. The molecule has 0 heterocycles. The lowest BCUT2D eigenvalue weighted by molar-refractivity contribution is -0.137. The fraction of sp³-hybridized carbons (Fsp3) is 0.318. The number of aromatic carboxylic acids is 1. The Kier molecular flexibility index (Phi) is 8.15. The maximum atomic E-state index is 12.1. The quantitative estimate of drug-likeness (QED) is 0.580. The van der Waals surface area contributed by atoms with Crippen molar-refractivity contribution in [2.45, 2.75) is 44.4 Å². The SMILES string of the molecule is C=C(N)Nc1ccc(C(F)(F)F)cc1.O=C(O)c1ccc(OC2CCCCC2)cc1. The van der Waals surface area contributed by atoms with Gasteiger partial charge in [-0.1, -0.05) is 13.0 Å². The van der Waals surface area contributed by atoms with E-state index in [2.05, 4.69) is 11.9 Å². The molecule has 4 N–H and O–H groups in total. The molecule has 3 rings (SSSR count). The van der Waals surface area contributed by atoms with Gasteiger partial charge in [0.1, 0.15) is 5.75 Å². The molecule has 1 fully saturated rings. The summed E-state index contributed by atoms with van der Waals surface area (Å²) in [5.74, 6) is 0.0610. The minimum Gasteiger partial charge on any atom is -0.490 e. The number of rotatable bonds is 5. The molecule has 1 aliphatic rings. The number of hydrogen-bond acceptors (Lipinski definition) is 4. The van der Waals surface area contributed by atoms with E-state index in [1.54, 1.807) is 24.3 Å². The van der Waals surface area contributed by atoms with Gasteiger partial charge in [-0.25, -0.2) is 4.79 Å². The molecule has 162 valence electrons. The molecule has 0 aliphatic heterocycles. The molecule has 8 heteroatoms. The molecule has 0 spiro atoms. The first kappa shape index (κ1) is 23.1. The first-order valence-corrected chi connectivity index (χ1v) is 9.54. The molecule has 30 heavy (non-hydrogen) atoms. The maximum Gasteiger partial charge on any atom is 0.416 e. The van der Waals surface area contributed by atoms with Crippen molar-refractivity contribution in [1.29, 1.82) is 0 Å². The normalized spacial score (nSPS) is 14.2. The van der Waals surface area contributed by atoms with Crippen molar-refractivity contribution in [1.82, 2.24) is 0 Å². The lowest BCUT2D eigenvalue weighted by atomic mass is 9.98. The highest BCUT2D eigenvalue weighted by molar-refractivity contribution is 5.87. The minimum absolute atomic E-state index is 0.185. The Morgan fingerprint density at radius 1 is 1.03 bits per heavy atom. The number of anilines is 1. The van der Waals surface area contributed by atoms with Gasteiger partial charge in [0.15, 0.2) is 0 Å². The second-order valence-corrected chi connectivity index (χ2v) is 6.93. The third kappa shape index (κ3) is 7.69. The van der Waals surface area contributed by atoms with Gasteiger partial charge in [0.25, 0.3) is 0 Å². The maximum absolute atomic E-state index is 12.1. The van der Waals surface area contributed by atoms with Crippen molar-refractivity contribution in [2.75, 3.05) is 5.32 Å². The van der Waals surface area contributed by atoms with E-state index in [1.165, 1.54) is 31.4 Å². The first-order chi connectivity index (χ1) is 14.1. The average Bonchev–Trinajstić information content (AvgIpc) is 2.69. The van der Waals surface area contributed by atoms with Crippen molar-refractivity contribution in [3.05, 3.63) is 72.1 Å². The Morgan fingerprint density at radius 3 is 2.07 bits per heavy atom. The van der Waals surface area contributed by atoms with Gasteiger partial charge in [-0.2, -0.15) is 13.2 Å². The number of carbonyl (C=O) groups is 1. The van der Waals surface area contributed by atoms with Gasteiger partial charge in [0.2, 0.25) is 0 Å². The van der Waals surface area contributed by atoms with Crippen molar-refractivity contribution >= 4 is 11.7 Å². The van der Waals surface area contributed by atoms with Crippen LogP contribution in [0.15, 0.2) is 60.9 Å². The van der Waals surface area contributed by atoms with Gasteiger partial charge in [-0.05, 0) is 74.2 Å². The van der Waals surface area contributed by atoms with Crippen LogP contribution < -0.4 is 15.8 Å². The lowest BCUT2D eigenvalue weighted by Gasteiger charge is -2.22.